The molecule has 0 atom stereocenters. The Morgan fingerprint density at radius 2 is 1.62 bits per heavy atom. The number of H-pyrrole nitrogens is 1. The molecule has 0 spiro atoms. The Kier molecular flexibility index (Phi) is 3.82. The summed E-state index contributed by atoms with van der Waals surface area (Å²) in [5, 5.41) is 1.01. The molecular weight excluding hydrogens is 329 g/mol. The molecule has 26 heavy (non-hydrogen) atoms. The van der Waals surface area contributed by atoms with Crippen molar-refractivity contribution in [1.29, 1.82) is 0 Å². The van der Waals surface area contributed by atoms with E-state index in [1.54, 1.807) is 6.07 Å². The Bertz CT molecular complexity index is 928. The van der Waals surface area contributed by atoms with E-state index in [1.807, 2.05) is 6.07 Å². The van der Waals surface area contributed by atoms with Crippen molar-refractivity contribution in [3.63, 3.8) is 0 Å². The van der Waals surface area contributed by atoms with Crippen LogP contribution in [0.2, 0.25) is 0 Å². The van der Waals surface area contributed by atoms with Crippen LogP contribution in [0.3, 0.4) is 0 Å². The van der Waals surface area contributed by atoms with E-state index in [9.17, 15) is 4.39 Å². The predicted octanol–water partition coefficient (Wildman–Crippen LogP) is 3.71. The zero-order chi connectivity index (χ0) is 17.5. The average molecular weight is 351 g/mol. The quantitative estimate of drug-likeness (QED) is 0.764. The fourth-order valence-corrected chi connectivity index (χ4v) is 4.10. The average Bonchev–Trinajstić information content (AvgIpc) is 3.06. The number of rotatable bonds is 2. The van der Waals surface area contributed by atoms with Gasteiger partial charge in [-0.25, -0.2) is 4.39 Å². The van der Waals surface area contributed by atoms with Crippen molar-refractivity contribution in [2.45, 2.75) is 13.0 Å². The minimum Gasteiger partial charge on any atom is -0.378 e. The molecule has 1 N–H and O–H groups in total. The summed E-state index contributed by atoms with van der Waals surface area (Å²) in [6, 6.07) is 13.8. The molecule has 0 amide bonds. The fourth-order valence-electron chi connectivity index (χ4n) is 4.10. The molecular formula is C21H22FN3O. The van der Waals surface area contributed by atoms with Crippen LogP contribution in [0, 0.1) is 5.82 Å². The van der Waals surface area contributed by atoms with Gasteiger partial charge in [-0.1, -0.05) is 0 Å². The predicted molar refractivity (Wildman–Crippen MR) is 102 cm³/mol. The number of ether oxygens (including phenoxy) is 1. The number of halogens is 1. The molecule has 3 heterocycles. The third-order valence-corrected chi connectivity index (χ3v) is 5.53. The van der Waals surface area contributed by atoms with Gasteiger partial charge in [0.2, 0.25) is 0 Å². The van der Waals surface area contributed by atoms with Crippen molar-refractivity contribution in [1.82, 2.24) is 4.98 Å². The third-order valence-electron chi connectivity index (χ3n) is 5.53. The molecule has 0 saturated carbocycles. The first-order chi connectivity index (χ1) is 12.8. The van der Waals surface area contributed by atoms with Crippen LogP contribution in [0.1, 0.15) is 11.3 Å². The number of nitrogens with one attached hydrogen (secondary N) is 1. The Hall–Kier alpha value is -2.53. The molecule has 1 saturated heterocycles. The van der Waals surface area contributed by atoms with E-state index < -0.39 is 0 Å². The maximum absolute atomic E-state index is 13.7. The summed E-state index contributed by atoms with van der Waals surface area (Å²) < 4.78 is 19.1. The minimum atomic E-state index is -0.175. The summed E-state index contributed by atoms with van der Waals surface area (Å²) in [4.78, 5) is 8.20. The van der Waals surface area contributed by atoms with Crippen LogP contribution < -0.4 is 9.80 Å². The van der Waals surface area contributed by atoms with Gasteiger partial charge in [0, 0.05) is 66.1 Å². The highest BCUT2D eigenvalue weighted by atomic mass is 19.1. The summed E-state index contributed by atoms with van der Waals surface area (Å²) in [6.07, 6.45) is 0.955. The summed E-state index contributed by atoms with van der Waals surface area (Å²) in [6.45, 7) is 5.29. The second-order valence-corrected chi connectivity index (χ2v) is 7.06. The second kappa shape index (κ2) is 6.32. The van der Waals surface area contributed by atoms with Gasteiger partial charge >= 0.3 is 0 Å². The first-order valence-electron chi connectivity index (χ1n) is 9.24. The monoisotopic (exact) mass is 351 g/mol. The van der Waals surface area contributed by atoms with Gasteiger partial charge in [0.05, 0.1) is 13.2 Å². The molecule has 3 aromatic rings. The van der Waals surface area contributed by atoms with Crippen LogP contribution in [0.4, 0.5) is 15.8 Å². The van der Waals surface area contributed by atoms with E-state index in [4.69, 9.17) is 4.74 Å². The molecule has 2 aromatic carbocycles. The number of benzene rings is 2. The maximum atomic E-state index is 13.7. The van der Waals surface area contributed by atoms with Crippen LogP contribution in [0.15, 0.2) is 42.5 Å². The summed E-state index contributed by atoms with van der Waals surface area (Å²) >= 11 is 0. The normalized spacial score (nSPS) is 17.6. The zero-order valence-electron chi connectivity index (χ0n) is 14.7. The lowest BCUT2D eigenvalue weighted by molar-refractivity contribution is 0.122. The van der Waals surface area contributed by atoms with Crippen molar-refractivity contribution in [2.75, 3.05) is 42.6 Å². The highest BCUT2D eigenvalue weighted by Crippen LogP contribution is 2.31. The first-order valence-corrected chi connectivity index (χ1v) is 9.24. The molecule has 5 heteroatoms. The molecule has 0 radical (unpaired) electrons. The number of hydrogen-bond acceptors (Lipinski definition) is 3. The number of aromatic amines is 1. The van der Waals surface area contributed by atoms with Gasteiger partial charge in [0.25, 0.3) is 0 Å². The molecule has 1 aromatic heterocycles. The lowest BCUT2D eigenvalue weighted by atomic mass is 10.0. The molecule has 1 fully saturated rings. The summed E-state index contributed by atoms with van der Waals surface area (Å²) in [5.74, 6) is -0.175. The Morgan fingerprint density at radius 3 is 2.38 bits per heavy atom. The van der Waals surface area contributed by atoms with Crippen molar-refractivity contribution < 1.29 is 9.13 Å². The van der Waals surface area contributed by atoms with Crippen LogP contribution in [-0.2, 0) is 17.7 Å². The van der Waals surface area contributed by atoms with Gasteiger partial charge in [-0.2, -0.15) is 0 Å². The van der Waals surface area contributed by atoms with Gasteiger partial charge in [-0.3, -0.25) is 0 Å². The molecule has 134 valence electrons. The van der Waals surface area contributed by atoms with Gasteiger partial charge in [0.15, 0.2) is 0 Å². The van der Waals surface area contributed by atoms with Gasteiger partial charge in [0.1, 0.15) is 5.82 Å². The van der Waals surface area contributed by atoms with E-state index in [1.165, 1.54) is 28.7 Å². The highest BCUT2D eigenvalue weighted by molar-refractivity contribution is 5.85. The largest absolute Gasteiger partial charge is 0.378 e. The minimum absolute atomic E-state index is 0.175. The topological polar surface area (TPSA) is 31.5 Å². The Balaban J connectivity index is 1.40. The smallest absolute Gasteiger partial charge is 0.123 e. The molecule has 0 aliphatic carbocycles. The van der Waals surface area contributed by atoms with Crippen LogP contribution in [0.5, 0.6) is 0 Å². The van der Waals surface area contributed by atoms with Gasteiger partial charge in [-0.15, -0.1) is 0 Å². The fraction of sp³-hybridized carbons (Fsp3) is 0.333. The molecule has 4 nitrogen and oxygen atoms in total. The Labute approximate surface area is 152 Å². The van der Waals surface area contributed by atoms with E-state index in [0.717, 1.165) is 56.7 Å². The number of morpholine rings is 1. The zero-order valence-corrected chi connectivity index (χ0v) is 14.7. The number of aromatic nitrogens is 1. The molecule has 0 bridgehead atoms. The molecule has 2 aliphatic heterocycles. The van der Waals surface area contributed by atoms with Gasteiger partial charge in [-0.05, 0) is 42.5 Å². The SMILES string of the molecule is Fc1ccc2[nH]c3c(c2c1)CN(c1ccc(N2CCOCC2)cc1)CC3. The number of fused-ring (bicyclic) bond motifs is 3. The van der Waals surface area contributed by atoms with E-state index in [-0.39, 0.29) is 5.82 Å². The standard InChI is InChI=1S/C21H22FN3O/c22-15-1-6-20-18(13-15)19-14-25(8-7-21(19)23-20)17-4-2-16(3-5-17)24-9-11-26-12-10-24/h1-6,13,23H,7-12,14H2. The third kappa shape index (κ3) is 2.72. The van der Waals surface area contributed by atoms with E-state index in [2.05, 4.69) is 39.0 Å². The van der Waals surface area contributed by atoms with E-state index in [0.29, 0.717) is 0 Å². The molecule has 5 rings (SSSR count). The maximum Gasteiger partial charge on any atom is 0.123 e. The number of anilines is 2. The molecule has 2 aliphatic rings. The van der Waals surface area contributed by atoms with Crippen molar-refractivity contribution in [3.05, 3.63) is 59.5 Å². The first kappa shape index (κ1) is 15.7. The molecule has 0 unspecified atom stereocenters. The van der Waals surface area contributed by atoms with Crippen molar-refractivity contribution in [3.8, 4) is 0 Å². The number of hydrogen-bond donors (Lipinski definition) is 1. The second-order valence-electron chi connectivity index (χ2n) is 7.06. The van der Waals surface area contributed by atoms with Crippen molar-refractivity contribution >= 4 is 22.3 Å². The highest BCUT2D eigenvalue weighted by Gasteiger charge is 2.21. The summed E-state index contributed by atoms with van der Waals surface area (Å²) in [7, 11) is 0. The summed E-state index contributed by atoms with van der Waals surface area (Å²) in [5.41, 5.74) is 5.97. The van der Waals surface area contributed by atoms with Crippen molar-refractivity contribution in [2.24, 2.45) is 0 Å². The lowest BCUT2D eigenvalue weighted by Gasteiger charge is -2.31. The van der Waals surface area contributed by atoms with E-state index >= 15 is 0 Å². The number of nitrogens with zero attached hydrogens (tertiary/aromatic N) is 2. The van der Waals surface area contributed by atoms with Gasteiger partial charge < -0.3 is 19.5 Å². The van der Waals surface area contributed by atoms with Crippen LogP contribution in [-0.4, -0.2) is 37.8 Å². The Morgan fingerprint density at radius 1 is 0.885 bits per heavy atom. The lowest BCUT2D eigenvalue weighted by Crippen LogP contribution is -2.36. The van der Waals surface area contributed by atoms with Crippen LogP contribution in [0.25, 0.3) is 10.9 Å². The van der Waals surface area contributed by atoms with Crippen LogP contribution >= 0.6 is 0 Å².